The average Bonchev–Trinajstić information content (AvgIpc) is 2.90. The van der Waals surface area contributed by atoms with Crippen LogP contribution in [-0.2, 0) is 13.1 Å². The predicted octanol–water partition coefficient (Wildman–Crippen LogP) is 3.65. The van der Waals surface area contributed by atoms with E-state index in [-0.39, 0.29) is 6.10 Å². The van der Waals surface area contributed by atoms with Gasteiger partial charge in [0.15, 0.2) is 0 Å². The maximum absolute atomic E-state index is 10.2. The van der Waals surface area contributed by atoms with E-state index in [0.29, 0.717) is 0 Å². The highest BCUT2D eigenvalue weighted by molar-refractivity contribution is 5.57. The minimum absolute atomic E-state index is 0.375. The van der Waals surface area contributed by atoms with Gasteiger partial charge in [-0.05, 0) is 23.6 Å². The van der Waals surface area contributed by atoms with Crippen molar-refractivity contribution in [3.63, 3.8) is 0 Å². The summed E-state index contributed by atoms with van der Waals surface area (Å²) in [5.74, 6) is 0. The quantitative estimate of drug-likeness (QED) is 0.902. The molecule has 1 N–H and O–H groups in total. The molecule has 0 saturated carbocycles. The Labute approximate surface area is 114 Å². The van der Waals surface area contributed by atoms with E-state index in [9.17, 15) is 5.11 Å². The Kier molecular flexibility index (Phi) is 3.26. The molecule has 1 atom stereocenters. The van der Waals surface area contributed by atoms with Crippen molar-refractivity contribution >= 4 is 5.69 Å². The lowest BCUT2D eigenvalue weighted by Gasteiger charge is -2.23. The van der Waals surface area contributed by atoms with Gasteiger partial charge in [-0.25, -0.2) is 0 Å². The average molecular weight is 253 g/mol. The molecule has 0 aromatic heterocycles. The first-order valence-corrected chi connectivity index (χ1v) is 6.88. The molecule has 0 fully saturated rings. The standard InChI is InChI=1S/C17H19NO/c1-2-17(19)15-9-5-6-10-16(15)18-11-13-7-3-4-8-14(13)12-18/h3-10,17,19H,2,11-12H2,1H3. The second-order valence-corrected chi connectivity index (χ2v) is 5.11. The van der Waals surface area contributed by atoms with Crippen LogP contribution in [0.4, 0.5) is 5.69 Å². The Morgan fingerprint density at radius 2 is 1.58 bits per heavy atom. The molecule has 2 aromatic rings. The number of hydrogen-bond acceptors (Lipinski definition) is 2. The van der Waals surface area contributed by atoms with Gasteiger partial charge < -0.3 is 10.0 Å². The smallest absolute Gasteiger partial charge is 0.0807 e. The molecule has 0 spiro atoms. The van der Waals surface area contributed by atoms with E-state index in [1.165, 1.54) is 11.1 Å². The van der Waals surface area contributed by atoms with Crippen LogP contribution in [0, 0.1) is 0 Å². The maximum atomic E-state index is 10.2. The molecular weight excluding hydrogens is 234 g/mol. The van der Waals surface area contributed by atoms with Gasteiger partial charge in [-0.2, -0.15) is 0 Å². The van der Waals surface area contributed by atoms with Gasteiger partial charge in [-0.1, -0.05) is 49.4 Å². The lowest BCUT2D eigenvalue weighted by Crippen LogP contribution is -2.17. The van der Waals surface area contributed by atoms with Crippen molar-refractivity contribution in [1.29, 1.82) is 0 Å². The molecule has 1 aliphatic rings. The zero-order chi connectivity index (χ0) is 13.2. The number of benzene rings is 2. The van der Waals surface area contributed by atoms with Crippen LogP contribution in [0.1, 0.15) is 36.1 Å². The summed E-state index contributed by atoms with van der Waals surface area (Å²) in [7, 11) is 0. The highest BCUT2D eigenvalue weighted by atomic mass is 16.3. The summed E-state index contributed by atoms with van der Waals surface area (Å²) in [4.78, 5) is 2.35. The van der Waals surface area contributed by atoms with Crippen molar-refractivity contribution in [2.24, 2.45) is 0 Å². The molecule has 0 aliphatic carbocycles. The fourth-order valence-corrected chi connectivity index (χ4v) is 2.78. The van der Waals surface area contributed by atoms with Gasteiger partial charge in [0.1, 0.15) is 0 Å². The molecule has 2 nitrogen and oxygen atoms in total. The molecular formula is C17H19NO. The Balaban J connectivity index is 1.93. The SMILES string of the molecule is CCC(O)c1ccccc1N1Cc2ccccc2C1. The fraction of sp³-hybridized carbons (Fsp3) is 0.294. The third-order valence-corrected chi connectivity index (χ3v) is 3.86. The number of aliphatic hydroxyl groups is 1. The summed E-state index contributed by atoms with van der Waals surface area (Å²) in [6.07, 6.45) is 0.373. The van der Waals surface area contributed by atoms with E-state index in [1.807, 2.05) is 25.1 Å². The van der Waals surface area contributed by atoms with Gasteiger partial charge in [-0.15, -0.1) is 0 Å². The largest absolute Gasteiger partial charge is 0.388 e. The molecule has 1 heterocycles. The van der Waals surface area contributed by atoms with Crippen LogP contribution < -0.4 is 4.90 Å². The number of hydrogen-bond donors (Lipinski definition) is 1. The molecule has 1 unspecified atom stereocenters. The Hall–Kier alpha value is -1.80. The van der Waals surface area contributed by atoms with Gasteiger partial charge in [-0.3, -0.25) is 0 Å². The van der Waals surface area contributed by atoms with Crippen molar-refractivity contribution in [3.05, 3.63) is 65.2 Å². The minimum Gasteiger partial charge on any atom is -0.388 e. The van der Waals surface area contributed by atoms with E-state index in [2.05, 4.69) is 35.2 Å². The summed E-state index contributed by atoms with van der Waals surface area (Å²) in [6, 6.07) is 16.8. The molecule has 0 amide bonds. The number of aliphatic hydroxyl groups excluding tert-OH is 1. The van der Waals surface area contributed by atoms with E-state index in [1.54, 1.807) is 0 Å². The van der Waals surface area contributed by atoms with E-state index in [0.717, 1.165) is 30.8 Å². The summed E-state index contributed by atoms with van der Waals surface area (Å²) in [5, 5.41) is 10.2. The number of para-hydroxylation sites is 1. The first kappa shape index (κ1) is 12.2. The van der Waals surface area contributed by atoms with Crippen LogP contribution in [0.25, 0.3) is 0 Å². The van der Waals surface area contributed by atoms with Crippen LogP contribution in [-0.4, -0.2) is 5.11 Å². The van der Waals surface area contributed by atoms with Gasteiger partial charge >= 0.3 is 0 Å². The van der Waals surface area contributed by atoms with Crippen molar-refractivity contribution in [2.75, 3.05) is 4.90 Å². The first-order chi connectivity index (χ1) is 9.29. The monoisotopic (exact) mass is 253 g/mol. The summed E-state index contributed by atoms with van der Waals surface area (Å²) >= 11 is 0. The molecule has 2 aromatic carbocycles. The van der Waals surface area contributed by atoms with Crippen LogP contribution >= 0.6 is 0 Å². The van der Waals surface area contributed by atoms with Crippen LogP contribution in [0.15, 0.2) is 48.5 Å². The second-order valence-electron chi connectivity index (χ2n) is 5.11. The number of rotatable bonds is 3. The topological polar surface area (TPSA) is 23.5 Å². The fourth-order valence-electron chi connectivity index (χ4n) is 2.78. The number of fused-ring (bicyclic) bond motifs is 1. The molecule has 3 rings (SSSR count). The van der Waals surface area contributed by atoms with Gasteiger partial charge in [0.05, 0.1) is 6.10 Å². The number of anilines is 1. The Bertz CT molecular complexity index is 554. The van der Waals surface area contributed by atoms with Crippen molar-refractivity contribution in [2.45, 2.75) is 32.5 Å². The first-order valence-electron chi connectivity index (χ1n) is 6.88. The summed E-state index contributed by atoms with van der Waals surface area (Å²) in [5.41, 5.74) is 4.98. The normalized spacial score (nSPS) is 15.4. The molecule has 98 valence electrons. The molecule has 1 aliphatic heterocycles. The predicted molar refractivity (Wildman–Crippen MR) is 78.0 cm³/mol. The van der Waals surface area contributed by atoms with E-state index < -0.39 is 0 Å². The van der Waals surface area contributed by atoms with Gasteiger partial charge in [0.2, 0.25) is 0 Å². The summed E-state index contributed by atoms with van der Waals surface area (Å²) < 4.78 is 0. The number of nitrogens with zero attached hydrogens (tertiary/aromatic N) is 1. The second kappa shape index (κ2) is 5.06. The van der Waals surface area contributed by atoms with E-state index in [4.69, 9.17) is 0 Å². The lowest BCUT2D eigenvalue weighted by molar-refractivity contribution is 0.174. The molecule has 0 radical (unpaired) electrons. The Morgan fingerprint density at radius 3 is 2.21 bits per heavy atom. The zero-order valence-corrected chi connectivity index (χ0v) is 11.2. The minimum atomic E-state index is -0.375. The lowest BCUT2D eigenvalue weighted by atomic mass is 10.0. The molecule has 0 saturated heterocycles. The van der Waals surface area contributed by atoms with Crippen LogP contribution in [0.3, 0.4) is 0 Å². The van der Waals surface area contributed by atoms with Crippen LogP contribution in [0.2, 0.25) is 0 Å². The molecule has 0 bridgehead atoms. The third kappa shape index (κ3) is 2.24. The van der Waals surface area contributed by atoms with E-state index >= 15 is 0 Å². The molecule has 19 heavy (non-hydrogen) atoms. The van der Waals surface area contributed by atoms with Gasteiger partial charge in [0, 0.05) is 24.3 Å². The van der Waals surface area contributed by atoms with Crippen molar-refractivity contribution in [3.8, 4) is 0 Å². The van der Waals surface area contributed by atoms with Gasteiger partial charge in [0.25, 0.3) is 0 Å². The zero-order valence-electron chi connectivity index (χ0n) is 11.2. The third-order valence-electron chi connectivity index (χ3n) is 3.86. The highest BCUT2D eigenvalue weighted by Crippen LogP contribution is 2.33. The van der Waals surface area contributed by atoms with Crippen molar-refractivity contribution in [1.82, 2.24) is 0 Å². The highest BCUT2D eigenvalue weighted by Gasteiger charge is 2.22. The Morgan fingerprint density at radius 1 is 1.00 bits per heavy atom. The summed E-state index contributed by atoms with van der Waals surface area (Å²) in [6.45, 7) is 3.88. The van der Waals surface area contributed by atoms with Crippen molar-refractivity contribution < 1.29 is 5.11 Å². The maximum Gasteiger partial charge on any atom is 0.0807 e. The molecule has 2 heteroatoms. The van der Waals surface area contributed by atoms with Crippen LogP contribution in [0.5, 0.6) is 0 Å².